The van der Waals surface area contributed by atoms with Gasteiger partial charge in [0.2, 0.25) is 0 Å². The summed E-state index contributed by atoms with van der Waals surface area (Å²) in [5.41, 5.74) is 1.15. The van der Waals surface area contributed by atoms with Crippen molar-refractivity contribution in [2.24, 2.45) is 7.05 Å². The van der Waals surface area contributed by atoms with Crippen molar-refractivity contribution in [2.45, 2.75) is 13.5 Å². The van der Waals surface area contributed by atoms with Crippen molar-refractivity contribution >= 4 is 23.2 Å². The molecule has 2 heterocycles. The summed E-state index contributed by atoms with van der Waals surface area (Å²) >= 11 is 11.8. The van der Waals surface area contributed by atoms with Crippen LogP contribution >= 0.6 is 23.2 Å². The third-order valence-corrected chi connectivity index (χ3v) is 3.20. The van der Waals surface area contributed by atoms with Crippen molar-refractivity contribution in [2.75, 3.05) is 0 Å². The molecule has 90 valence electrons. The normalized spacial score (nSPS) is 10.8. The number of aryl methyl sites for hydroxylation is 2. The molecule has 0 aromatic carbocycles. The summed E-state index contributed by atoms with van der Waals surface area (Å²) in [5, 5.41) is 4.69. The molecule has 0 aliphatic heterocycles. The molecule has 0 aliphatic carbocycles. The highest BCUT2D eigenvalue weighted by molar-refractivity contribution is 6.31. The van der Waals surface area contributed by atoms with Gasteiger partial charge in [-0.1, -0.05) is 23.2 Å². The molecule has 2 rings (SSSR count). The van der Waals surface area contributed by atoms with Crippen LogP contribution in [-0.2, 0) is 13.6 Å². The summed E-state index contributed by atoms with van der Waals surface area (Å²) < 4.78 is 3.09. The fourth-order valence-corrected chi connectivity index (χ4v) is 1.94. The molecule has 0 saturated carbocycles. The molecule has 0 unspecified atom stereocenters. The molecule has 17 heavy (non-hydrogen) atoms. The van der Waals surface area contributed by atoms with Gasteiger partial charge >= 0.3 is 0 Å². The van der Waals surface area contributed by atoms with Gasteiger partial charge in [-0.3, -0.25) is 9.48 Å². The van der Waals surface area contributed by atoms with Crippen LogP contribution in [0.5, 0.6) is 0 Å². The molecule has 0 bridgehead atoms. The van der Waals surface area contributed by atoms with E-state index < -0.39 is 0 Å². The van der Waals surface area contributed by atoms with Gasteiger partial charge in [0.1, 0.15) is 0 Å². The number of aromatic nitrogens is 4. The van der Waals surface area contributed by atoms with E-state index in [1.54, 1.807) is 17.9 Å². The van der Waals surface area contributed by atoms with E-state index in [2.05, 4.69) is 10.1 Å². The van der Waals surface area contributed by atoms with Crippen LogP contribution in [0.2, 0.25) is 10.2 Å². The Labute approximate surface area is 108 Å². The third kappa shape index (κ3) is 2.21. The summed E-state index contributed by atoms with van der Waals surface area (Å²) in [6.07, 6.45) is 3.04. The summed E-state index contributed by atoms with van der Waals surface area (Å²) in [4.78, 5) is 15.4. The van der Waals surface area contributed by atoms with Crippen LogP contribution in [-0.4, -0.2) is 19.3 Å². The van der Waals surface area contributed by atoms with Gasteiger partial charge in [0.05, 0.1) is 23.0 Å². The average molecular weight is 273 g/mol. The van der Waals surface area contributed by atoms with E-state index in [1.807, 2.05) is 6.92 Å². The van der Waals surface area contributed by atoms with Gasteiger partial charge in [0.15, 0.2) is 5.15 Å². The Morgan fingerprint density at radius 2 is 2.12 bits per heavy atom. The fraction of sp³-hybridized carbons (Fsp3) is 0.300. The van der Waals surface area contributed by atoms with E-state index in [-0.39, 0.29) is 10.7 Å². The number of rotatable bonds is 2. The molecule has 0 saturated heterocycles. The molecule has 0 fully saturated rings. The van der Waals surface area contributed by atoms with Crippen molar-refractivity contribution in [3.8, 4) is 0 Å². The van der Waals surface area contributed by atoms with Gasteiger partial charge in [-0.25, -0.2) is 4.98 Å². The lowest BCUT2D eigenvalue weighted by Gasteiger charge is -2.06. The molecule has 0 radical (unpaired) electrons. The molecular formula is C10H10Cl2N4O. The van der Waals surface area contributed by atoms with E-state index in [4.69, 9.17) is 23.2 Å². The van der Waals surface area contributed by atoms with Gasteiger partial charge in [-0.15, -0.1) is 0 Å². The number of hydrogen-bond donors (Lipinski definition) is 0. The second-order valence-electron chi connectivity index (χ2n) is 3.62. The van der Waals surface area contributed by atoms with Crippen LogP contribution in [0.4, 0.5) is 0 Å². The predicted octanol–water partition coefficient (Wildman–Crippen LogP) is 1.64. The Morgan fingerprint density at radius 1 is 1.41 bits per heavy atom. The van der Waals surface area contributed by atoms with E-state index in [9.17, 15) is 4.79 Å². The van der Waals surface area contributed by atoms with Gasteiger partial charge in [-0.05, 0) is 6.92 Å². The van der Waals surface area contributed by atoms with Crippen molar-refractivity contribution < 1.29 is 0 Å². The maximum Gasteiger partial charge on any atom is 0.288 e. The van der Waals surface area contributed by atoms with E-state index in [0.29, 0.717) is 11.6 Å². The Balaban J connectivity index is 2.45. The maximum atomic E-state index is 11.7. The minimum Gasteiger partial charge on any atom is -0.305 e. The molecule has 0 amide bonds. The lowest BCUT2D eigenvalue weighted by Crippen LogP contribution is -2.22. The quantitative estimate of drug-likeness (QED) is 0.835. The number of nitrogens with zero attached hydrogens (tertiary/aromatic N) is 4. The largest absolute Gasteiger partial charge is 0.305 e. The van der Waals surface area contributed by atoms with Gasteiger partial charge in [-0.2, -0.15) is 5.10 Å². The first-order chi connectivity index (χ1) is 8.00. The van der Waals surface area contributed by atoms with Crippen LogP contribution in [0, 0.1) is 6.92 Å². The molecule has 5 nitrogen and oxygen atoms in total. The minimum atomic E-state index is -0.343. The Hall–Kier alpha value is -1.33. The van der Waals surface area contributed by atoms with E-state index >= 15 is 0 Å². The fourth-order valence-electron chi connectivity index (χ4n) is 1.56. The summed E-state index contributed by atoms with van der Waals surface area (Å²) in [5.74, 6) is 0. The highest BCUT2D eigenvalue weighted by atomic mass is 35.5. The van der Waals surface area contributed by atoms with Crippen LogP contribution in [0.15, 0.2) is 17.2 Å². The second-order valence-corrected chi connectivity index (χ2v) is 4.36. The van der Waals surface area contributed by atoms with Crippen LogP contribution in [0.25, 0.3) is 0 Å². The average Bonchev–Trinajstić information content (AvgIpc) is 2.51. The van der Waals surface area contributed by atoms with Crippen LogP contribution < -0.4 is 5.56 Å². The minimum absolute atomic E-state index is 0.0532. The SMILES string of the molecule is Cc1nn(C)c(Cn2ccnc(Cl)c2=O)c1Cl. The lowest BCUT2D eigenvalue weighted by atomic mass is 10.3. The summed E-state index contributed by atoms with van der Waals surface area (Å²) in [6.45, 7) is 2.13. The van der Waals surface area contributed by atoms with Gasteiger partial charge < -0.3 is 4.57 Å². The molecule has 0 N–H and O–H groups in total. The molecule has 7 heteroatoms. The monoisotopic (exact) mass is 272 g/mol. The zero-order valence-electron chi connectivity index (χ0n) is 9.31. The molecule has 0 aliphatic rings. The first-order valence-corrected chi connectivity index (χ1v) is 5.65. The van der Waals surface area contributed by atoms with Gasteiger partial charge in [0, 0.05) is 19.4 Å². The first kappa shape index (κ1) is 12.1. The van der Waals surface area contributed by atoms with Crippen molar-refractivity contribution in [1.82, 2.24) is 19.3 Å². The zero-order valence-corrected chi connectivity index (χ0v) is 10.8. The smallest absolute Gasteiger partial charge is 0.288 e. The van der Waals surface area contributed by atoms with E-state index in [0.717, 1.165) is 11.4 Å². The van der Waals surface area contributed by atoms with Crippen molar-refractivity contribution in [3.05, 3.63) is 44.3 Å². The molecule has 2 aromatic heterocycles. The molecule has 0 atom stereocenters. The Bertz CT molecular complexity index is 617. The molecular weight excluding hydrogens is 263 g/mol. The predicted molar refractivity (Wildman–Crippen MR) is 65.6 cm³/mol. The van der Waals surface area contributed by atoms with Crippen molar-refractivity contribution in [1.29, 1.82) is 0 Å². The Kier molecular flexibility index (Phi) is 3.22. The summed E-state index contributed by atoms with van der Waals surface area (Å²) in [6, 6.07) is 0. The number of hydrogen-bond acceptors (Lipinski definition) is 3. The molecule has 0 spiro atoms. The van der Waals surface area contributed by atoms with E-state index in [1.165, 1.54) is 10.8 Å². The maximum absolute atomic E-state index is 11.7. The van der Waals surface area contributed by atoms with Crippen LogP contribution in [0.1, 0.15) is 11.4 Å². The van der Waals surface area contributed by atoms with Gasteiger partial charge in [0.25, 0.3) is 5.56 Å². The van der Waals surface area contributed by atoms with Crippen molar-refractivity contribution in [3.63, 3.8) is 0 Å². The zero-order chi connectivity index (χ0) is 12.6. The highest BCUT2D eigenvalue weighted by Gasteiger charge is 2.12. The Morgan fingerprint density at radius 3 is 2.71 bits per heavy atom. The third-order valence-electron chi connectivity index (χ3n) is 2.45. The second kappa shape index (κ2) is 4.50. The van der Waals surface area contributed by atoms with Crippen LogP contribution in [0.3, 0.4) is 0 Å². The lowest BCUT2D eigenvalue weighted by molar-refractivity contribution is 0.648. The molecule has 2 aromatic rings. The topological polar surface area (TPSA) is 52.7 Å². The first-order valence-electron chi connectivity index (χ1n) is 4.89. The highest BCUT2D eigenvalue weighted by Crippen LogP contribution is 2.19. The summed E-state index contributed by atoms with van der Waals surface area (Å²) in [7, 11) is 1.78. The number of halogens is 2. The standard InChI is InChI=1S/C10H10Cl2N4O/c1-6-8(11)7(15(2)14-6)5-16-4-3-13-9(12)10(16)17/h3-4H,5H2,1-2H3.